The van der Waals surface area contributed by atoms with Crippen molar-refractivity contribution >= 4 is 40.2 Å². The first kappa shape index (κ1) is 22.1. The maximum atomic E-state index is 13.1. The summed E-state index contributed by atoms with van der Waals surface area (Å²) in [5.74, 6) is -1.30. The van der Waals surface area contributed by atoms with E-state index in [9.17, 15) is 9.59 Å². The van der Waals surface area contributed by atoms with Gasteiger partial charge in [0.25, 0.3) is 0 Å². The lowest BCUT2D eigenvalue weighted by Crippen LogP contribution is -2.16. The maximum Gasteiger partial charge on any atom is 0.347 e. The van der Waals surface area contributed by atoms with Gasteiger partial charge >= 0.3 is 5.97 Å². The van der Waals surface area contributed by atoms with Crippen molar-refractivity contribution in [1.82, 2.24) is 9.97 Å². The predicted molar refractivity (Wildman–Crippen MR) is 124 cm³/mol. The Morgan fingerprint density at radius 2 is 2.18 bits per heavy atom. The molecule has 170 valence electrons. The van der Waals surface area contributed by atoms with Gasteiger partial charge in [-0.15, -0.1) is 0 Å². The van der Waals surface area contributed by atoms with Crippen LogP contribution in [0.2, 0.25) is 0 Å². The monoisotopic (exact) mass is 448 g/mol. The molecular formula is C24H24N4O5. The molecule has 3 heterocycles. The van der Waals surface area contributed by atoms with Crippen LogP contribution >= 0.6 is 0 Å². The second kappa shape index (κ2) is 9.58. The van der Waals surface area contributed by atoms with Crippen molar-refractivity contribution in [2.45, 2.75) is 13.8 Å². The van der Waals surface area contributed by atoms with Crippen LogP contribution in [0.5, 0.6) is 0 Å². The number of H-pyrrole nitrogens is 1. The molecular weight excluding hydrogens is 424 g/mol. The first-order valence-electron chi connectivity index (χ1n) is 10.5. The minimum Gasteiger partial charge on any atom is -0.462 e. The number of carbonyl (C=O) groups is 2. The summed E-state index contributed by atoms with van der Waals surface area (Å²) in [5.41, 5.74) is 3.54. The van der Waals surface area contributed by atoms with Gasteiger partial charge in [0.05, 0.1) is 13.2 Å². The number of benzene rings is 1. The van der Waals surface area contributed by atoms with Crippen molar-refractivity contribution in [3.8, 4) is 0 Å². The number of Topliss-reactive ketones (excluding diaryl/α,β-unsaturated/α-hetero) is 1. The molecule has 0 fully saturated rings. The summed E-state index contributed by atoms with van der Waals surface area (Å²) < 4.78 is 10.9. The number of ketones is 1. The number of rotatable bonds is 8. The van der Waals surface area contributed by atoms with Crippen molar-refractivity contribution in [3.05, 3.63) is 71.1 Å². The van der Waals surface area contributed by atoms with Gasteiger partial charge in [0.2, 0.25) is 11.7 Å². The van der Waals surface area contributed by atoms with Crippen LogP contribution in [0.4, 0.5) is 11.4 Å². The van der Waals surface area contributed by atoms with Crippen LogP contribution in [0, 0.1) is 6.92 Å². The topological polar surface area (TPSA) is 126 Å². The first-order chi connectivity index (χ1) is 16.0. The zero-order valence-corrected chi connectivity index (χ0v) is 18.3. The van der Waals surface area contributed by atoms with Crippen LogP contribution in [0.25, 0.3) is 17.1 Å². The largest absolute Gasteiger partial charge is 0.462 e. The molecule has 1 aliphatic rings. The second-order valence-corrected chi connectivity index (χ2v) is 7.31. The third-order valence-corrected chi connectivity index (χ3v) is 5.05. The van der Waals surface area contributed by atoms with Gasteiger partial charge in [-0.05, 0) is 55.8 Å². The Bertz CT molecular complexity index is 1270. The summed E-state index contributed by atoms with van der Waals surface area (Å²) in [7, 11) is 0. The number of hydrogen-bond donors (Lipinski definition) is 4. The van der Waals surface area contributed by atoms with E-state index in [2.05, 4.69) is 20.6 Å². The smallest absolute Gasteiger partial charge is 0.347 e. The summed E-state index contributed by atoms with van der Waals surface area (Å²) >= 11 is 0. The number of ether oxygens (including phenoxy) is 2. The van der Waals surface area contributed by atoms with E-state index in [1.807, 2.05) is 25.1 Å². The lowest BCUT2D eigenvalue weighted by atomic mass is 10.1. The van der Waals surface area contributed by atoms with E-state index in [-0.39, 0.29) is 30.4 Å². The summed E-state index contributed by atoms with van der Waals surface area (Å²) in [6.45, 7) is 4.12. The number of nitrogens with zero attached hydrogens (tertiary/aromatic N) is 1. The molecule has 0 saturated carbocycles. The normalized spacial score (nSPS) is 14.6. The quantitative estimate of drug-likeness (QED) is 0.235. The van der Waals surface area contributed by atoms with Gasteiger partial charge in [0.15, 0.2) is 11.3 Å². The number of aryl methyl sites for hydroxylation is 1. The number of hydrogen-bond acceptors (Lipinski definition) is 8. The van der Waals surface area contributed by atoms with Crippen molar-refractivity contribution < 1.29 is 24.2 Å². The number of carbonyl (C=O) groups excluding carboxylic acids is 2. The predicted octanol–water partition coefficient (Wildman–Crippen LogP) is 3.10. The highest BCUT2D eigenvalue weighted by molar-refractivity contribution is 6.26. The number of aromatic nitrogens is 2. The summed E-state index contributed by atoms with van der Waals surface area (Å²) in [5, 5.41) is 15.9. The van der Waals surface area contributed by atoms with Crippen molar-refractivity contribution in [3.63, 3.8) is 0 Å². The Kier molecular flexibility index (Phi) is 6.41. The molecule has 1 aromatic carbocycles. The zero-order valence-electron chi connectivity index (χ0n) is 18.3. The third kappa shape index (κ3) is 4.58. The molecule has 2 aromatic heterocycles. The molecule has 0 atom stereocenters. The minimum atomic E-state index is -0.757. The molecule has 0 unspecified atom stereocenters. The zero-order chi connectivity index (χ0) is 23.4. The number of nitrogens with one attached hydrogen (secondary N) is 3. The van der Waals surface area contributed by atoms with Crippen LogP contribution < -0.4 is 10.6 Å². The maximum absolute atomic E-state index is 13.1. The average Bonchev–Trinajstić information content (AvgIpc) is 3.35. The highest BCUT2D eigenvalue weighted by Crippen LogP contribution is 2.31. The molecule has 0 amide bonds. The molecule has 33 heavy (non-hydrogen) atoms. The van der Waals surface area contributed by atoms with E-state index >= 15 is 0 Å². The Morgan fingerprint density at radius 1 is 1.33 bits per heavy atom. The van der Waals surface area contributed by atoms with Crippen LogP contribution in [0.15, 0.2) is 59.9 Å². The SMILES string of the molecule is CCOC(=O)C1=C(Nc2ccc(NCCO)cc2C)OC(=Cc2c[nH]c3ncccc23)C1=O. The molecule has 3 aromatic rings. The molecule has 9 heteroatoms. The summed E-state index contributed by atoms with van der Waals surface area (Å²) in [4.78, 5) is 33.0. The van der Waals surface area contributed by atoms with Gasteiger partial charge in [0, 0.05) is 41.3 Å². The number of anilines is 2. The standard InChI is InChI=1S/C24H24N4O5/c1-3-32-24(31)20-21(30)19(12-15-13-27-22-17(15)5-4-8-26-22)33-23(20)28-18-7-6-16(11-14(18)2)25-9-10-29/h4-8,11-13,25,28-29H,3,9-10H2,1-2H3,(H,26,27). The Balaban J connectivity index is 1.66. The van der Waals surface area contributed by atoms with Crippen molar-refractivity contribution in [2.75, 3.05) is 30.4 Å². The van der Waals surface area contributed by atoms with E-state index in [1.165, 1.54) is 0 Å². The van der Waals surface area contributed by atoms with Crippen LogP contribution in [0.1, 0.15) is 18.1 Å². The Labute approximate surface area is 190 Å². The fraction of sp³-hybridized carbons (Fsp3) is 0.208. The van der Waals surface area contributed by atoms with Gasteiger partial charge in [0.1, 0.15) is 5.65 Å². The van der Waals surface area contributed by atoms with E-state index in [4.69, 9.17) is 14.6 Å². The number of fused-ring (bicyclic) bond motifs is 1. The number of pyridine rings is 1. The fourth-order valence-electron chi connectivity index (χ4n) is 3.48. The summed E-state index contributed by atoms with van der Waals surface area (Å²) in [6.07, 6.45) is 4.97. The minimum absolute atomic E-state index is 0.00388. The number of allylic oxidation sites excluding steroid dienone is 1. The number of aliphatic hydroxyl groups excluding tert-OH is 1. The molecule has 0 radical (unpaired) electrons. The lowest BCUT2D eigenvalue weighted by Gasteiger charge is -2.13. The fourth-order valence-corrected chi connectivity index (χ4v) is 3.48. The van der Waals surface area contributed by atoms with Gasteiger partial charge in [-0.25, -0.2) is 9.78 Å². The van der Waals surface area contributed by atoms with Gasteiger partial charge in [-0.2, -0.15) is 0 Å². The highest BCUT2D eigenvalue weighted by Gasteiger charge is 2.37. The first-order valence-corrected chi connectivity index (χ1v) is 10.5. The Morgan fingerprint density at radius 3 is 2.94 bits per heavy atom. The second-order valence-electron chi connectivity index (χ2n) is 7.31. The summed E-state index contributed by atoms with van der Waals surface area (Å²) in [6, 6.07) is 9.18. The van der Waals surface area contributed by atoms with Crippen molar-refractivity contribution in [1.29, 1.82) is 0 Å². The molecule has 4 N–H and O–H groups in total. The van der Waals surface area contributed by atoms with E-state index < -0.39 is 11.8 Å². The number of aliphatic hydroxyl groups is 1. The highest BCUT2D eigenvalue weighted by atomic mass is 16.5. The number of esters is 1. The molecule has 4 rings (SSSR count). The van der Waals surface area contributed by atoms with Crippen LogP contribution in [0.3, 0.4) is 0 Å². The van der Waals surface area contributed by atoms with Crippen LogP contribution in [-0.2, 0) is 19.1 Å². The Hall–Kier alpha value is -4.11. The molecule has 0 aliphatic carbocycles. The molecule has 0 bridgehead atoms. The number of aromatic amines is 1. The van der Waals surface area contributed by atoms with Gasteiger partial charge in [-0.3, -0.25) is 4.79 Å². The van der Waals surface area contributed by atoms with Crippen LogP contribution in [-0.4, -0.2) is 46.6 Å². The van der Waals surface area contributed by atoms with Gasteiger partial charge < -0.3 is 30.2 Å². The van der Waals surface area contributed by atoms with E-state index in [0.717, 1.165) is 16.6 Å². The molecule has 9 nitrogen and oxygen atoms in total. The van der Waals surface area contributed by atoms with Crippen molar-refractivity contribution in [2.24, 2.45) is 0 Å². The van der Waals surface area contributed by atoms with E-state index in [1.54, 1.807) is 37.5 Å². The molecule has 0 spiro atoms. The molecule has 1 aliphatic heterocycles. The third-order valence-electron chi connectivity index (χ3n) is 5.05. The average molecular weight is 448 g/mol. The lowest BCUT2D eigenvalue weighted by molar-refractivity contribution is -0.139. The van der Waals surface area contributed by atoms with E-state index in [0.29, 0.717) is 23.4 Å². The molecule has 0 saturated heterocycles. The van der Waals surface area contributed by atoms with Gasteiger partial charge in [-0.1, -0.05) is 0 Å².